The second kappa shape index (κ2) is 12.4. The number of cyclic esters (lactones) is 1. The molecule has 11 heteroatoms. The number of rotatable bonds is 4. The van der Waals surface area contributed by atoms with Crippen LogP contribution >= 0.6 is 11.6 Å². The van der Waals surface area contributed by atoms with Crippen molar-refractivity contribution in [2.45, 2.75) is 56.6 Å². The van der Waals surface area contributed by atoms with Gasteiger partial charge in [0.1, 0.15) is 23.7 Å². The molecule has 236 valence electrons. The lowest BCUT2D eigenvalue weighted by molar-refractivity contribution is -0.160. The fourth-order valence-corrected chi connectivity index (χ4v) is 7.40. The van der Waals surface area contributed by atoms with Crippen molar-refractivity contribution in [2.75, 3.05) is 24.6 Å². The van der Waals surface area contributed by atoms with Crippen molar-refractivity contribution >= 4 is 41.0 Å². The van der Waals surface area contributed by atoms with Crippen LogP contribution < -0.4 is 10.2 Å². The molecule has 1 spiro atoms. The molecular formula is C34H36ClN3O7. The quantitative estimate of drug-likeness (QED) is 0.391. The van der Waals surface area contributed by atoms with E-state index in [0.29, 0.717) is 22.7 Å². The van der Waals surface area contributed by atoms with E-state index in [0.717, 1.165) is 5.56 Å². The summed E-state index contributed by atoms with van der Waals surface area (Å²) in [6, 6.07) is 12.5. The maximum Gasteiger partial charge on any atom is 0.313 e. The van der Waals surface area contributed by atoms with Crippen LogP contribution in [-0.2, 0) is 28.7 Å². The summed E-state index contributed by atoms with van der Waals surface area (Å²) in [5.74, 6) is -3.98. The molecule has 2 N–H and O–H groups in total. The number of amides is 3. The third-order valence-electron chi connectivity index (χ3n) is 9.18. The molecular weight excluding hydrogens is 598 g/mol. The van der Waals surface area contributed by atoms with Gasteiger partial charge in [0.05, 0.1) is 41.9 Å². The van der Waals surface area contributed by atoms with Crippen LogP contribution in [0.1, 0.15) is 37.0 Å². The van der Waals surface area contributed by atoms with Crippen LogP contribution in [0, 0.1) is 18.8 Å². The summed E-state index contributed by atoms with van der Waals surface area (Å²) in [6.07, 6.45) is 5.82. The summed E-state index contributed by atoms with van der Waals surface area (Å²) in [5, 5.41) is 13.5. The largest absolute Gasteiger partial charge is 0.455 e. The van der Waals surface area contributed by atoms with E-state index in [1.54, 1.807) is 55.5 Å². The normalized spacial score (nSPS) is 31.5. The van der Waals surface area contributed by atoms with Crippen molar-refractivity contribution < 1.29 is 33.8 Å². The van der Waals surface area contributed by atoms with E-state index >= 15 is 0 Å². The predicted molar refractivity (Wildman–Crippen MR) is 166 cm³/mol. The highest BCUT2D eigenvalue weighted by Crippen LogP contribution is 2.54. The topological polar surface area (TPSA) is 125 Å². The summed E-state index contributed by atoms with van der Waals surface area (Å²) in [6.45, 7) is 3.32. The Hall–Kier alpha value is -3.99. The number of esters is 1. The van der Waals surface area contributed by atoms with E-state index in [-0.39, 0.29) is 25.4 Å². The molecule has 0 saturated carbocycles. The first-order chi connectivity index (χ1) is 21.7. The monoisotopic (exact) mass is 633 g/mol. The lowest BCUT2D eigenvalue weighted by atomic mass is 9.77. The minimum atomic E-state index is -1.53. The molecule has 7 atom stereocenters. The standard InChI is InChI=1S/C34H36ClN3O7/c1-20-10-8-13-23(35)29(20)37-17-9-16-34-28(31(41)38(21(2)19-39)30(34)32(37)42)27-24(45-34)14-6-7-15-26(40)36-18-25(44-33(27)43)22-11-4-3-5-12-22/h3-6,8-14,16,21,24-25,27-28,30,39H,7,15,17-19H2,1-2H3,(H,36,40)/b14-6-/t21-,24+,25-,27-,28-,30+,34-/m1/s1. The molecule has 2 saturated heterocycles. The Morgan fingerprint density at radius 3 is 2.58 bits per heavy atom. The number of ether oxygens (including phenoxy) is 2. The summed E-state index contributed by atoms with van der Waals surface area (Å²) in [5.41, 5.74) is 0.449. The molecule has 0 unspecified atom stereocenters. The van der Waals surface area contributed by atoms with Gasteiger partial charge >= 0.3 is 5.97 Å². The zero-order valence-electron chi connectivity index (χ0n) is 25.1. The first-order valence-electron chi connectivity index (χ1n) is 15.2. The Morgan fingerprint density at radius 2 is 1.84 bits per heavy atom. The highest BCUT2D eigenvalue weighted by molar-refractivity contribution is 6.34. The average molecular weight is 634 g/mol. The molecule has 0 bridgehead atoms. The SMILES string of the molecule is Cc1cccc(Cl)c1N1CC=C[C@@]23O[C@H]4/C=C\CCC(=O)NC[C@H](c5ccccc5)OC(=O)[C@H]4[C@@H]2C(=O)N([C@H](C)CO)[C@H]3C1=O. The number of nitrogens with one attached hydrogen (secondary N) is 1. The molecule has 45 heavy (non-hydrogen) atoms. The third-order valence-corrected chi connectivity index (χ3v) is 9.48. The number of benzene rings is 2. The molecule has 0 aliphatic carbocycles. The van der Waals surface area contributed by atoms with Gasteiger partial charge in [0, 0.05) is 13.0 Å². The molecule has 0 radical (unpaired) electrons. The number of hydrogen-bond acceptors (Lipinski definition) is 7. The van der Waals surface area contributed by atoms with Gasteiger partial charge in [-0.15, -0.1) is 0 Å². The molecule has 4 aliphatic rings. The number of aliphatic hydroxyl groups is 1. The smallest absolute Gasteiger partial charge is 0.313 e. The second-order valence-electron chi connectivity index (χ2n) is 12.0. The summed E-state index contributed by atoms with van der Waals surface area (Å²) in [7, 11) is 0. The van der Waals surface area contributed by atoms with Gasteiger partial charge in [0.15, 0.2) is 0 Å². The zero-order valence-corrected chi connectivity index (χ0v) is 25.9. The maximum absolute atomic E-state index is 14.6. The number of anilines is 1. The second-order valence-corrected chi connectivity index (χ2v) is 12.4. The number of allylic oxidation sites excluding steroid dienone is 1. The number of nitrogens with zero attached hydrogens (tertiary/aromatic N) is 2. The molecule has 2 aromatic carbocycles. The first-order valence-corrected chi connectivity index (χ1v) is 15.6. The number of carbonyl (C=O) groups excluding carboxylic acids is 4. The van der Waals surface area contributed by atoms with Gasteiger partial charge in [-0.05, 0) is 37.5 Å². The predicted octanol–water partition coefficient (Wildman–Crippen LogP) is 3.26. The number of aliphatic hydroxyl groups excluding tert-OH is 1. The molecule has 4 aliphatic heterocycles. The number of carbonyl (C=O) groups is 4. The molecule has 10 nitrogen and oxygen atoms in total. The van der Waals surface area contributed by atoms with E-state index in [1.807, 2.05) is 31.2 Å². The van der Waals surface area contributed by atoms with Crippen LogP contribution in [0.2, 0.25) is 5.02 Å². The van der Waals surface area contributed by atoms with Gasteiger partial charge < -0.3 is 29.7 Å². The van der Waals surface area contributed by atoms with Crippen molar-refractivity contribution in [3.8, 4) is 0 Å². The molecule has 2 fully saturated rings. The molecule has 6 rings (SSSR count). The average Bonchev–Trinajstić information content (AvgIpc) is 3.42. The Morgan fingerprint density at radius 1 is 1.07 bits per heavy atom. The number of hydrogen-bond donors (Lipinski definition) is 2. The number of fused-ring (bicyclic) bond motifs is 2. The van der Waals surface area contributed by atoms with Crippen molar-refractivity contribution in [2.24, 2.45) is 11.8 Å². The zero-order chi connectivity index (χ0) is 31.9. The van der Waals surface area contributed by atoms with Crippen LogP contribution in [0.15, 0.2) is 72.8 Å². The van der Waals surface area contributed by atoms with E-state index in [4.69, 9.17) is 21.1 Å². The summed E-state index contributed by atoms with van der Waals surface area (Å²) in [4.78, 5) is 58.7. The molecule has 4 heterocycles. The van der Waals surface area contributed by atoms with Gasteiger partial charge in [-0.25, -0.2) is 0 Å². The van der Waals surface area contributed by atoms with Gasteiger partial charge in [-0.2, -0.15) is 0 Å². The van der Waals surface area contributed by atoms with Gasteiger partial charge in [-0.3, -0.25) is 19.2 Å². The Kier molecular flexibility index (Phi) is 8.56. The Balaban J connectivity index is 1.45. The third kappa shape index (κ3) is 5.34. The first kappa shape index (κ1) is 31.0. The van der Waals surface area contributed by atoms with Crippen molar-refractivity contribution in [1.29, 1.82) is 0 Å². The molecule has 0 aromatic heterocycles. The van der Waals surface area contributed by atoms with Crippen LogP contribution in [-0.4, -0.2) is 77.2 Å². The highest BCUT2D eigenvalue weighted by atomic mass is 35.5. The lowest BCUT2D eigenvalue weighted by Crippen LogP contribution is -2.57. The number of aryl methyl sites for hydroxylation is 1. The lowest BCUT2D eigenvalue weighted by Gasteiger charge is -2.38. The summed E-state index contributed by atoms with van der Waals surface area (Å²) >= 11 is 6.61. The highest BCUT2D eigenvalue weighted by Gasteiger charge is 2.72. The van der Waals surface area contributed by atoms with E-state index in [2.05, 4.69) is 5.32 Å². The van der Waals surface area contributed by atoms with Crippen LogP contribution in [0.25, 0.3) is 0 Å². The van der Waals surface area contributed by atoms with Crippen molar-refractivity contribution in [3.63, 3.8) is 0 Å². The van der Waals surface area contributed by atoms with E-state index in [1.165, 1.54) is 9.80 Å². The summed E-state index contributed by atoms with van der Waals surface area (Å²) < 4.78 is 12.8. The fraction of sp³-hybridized carbons (Fsp3) is 0.412. The van der Waals surface area contributed by atoms with E-state index < -0.39 is 66.1 Å². The van der Waals surface area contributed by atoms with Crippen LogP contribution in [0.5, 0.6) is 0 Å². The molecule has 2 aromatic rings. The molecule has 3 amide bonds. The van der Waals surface area contributed by atoms with Gasteiger partial charge in [0.2, 0.25) is 11.8 Å². The van der Waals surface area contributed by atoms with Crippen molar-refractivity contribution in [3.05, 3.63) is 89.0 Å². The number of para-hydroxylation sites is 1. The fourth-order valence-electron chi connectivity index (χ4n) is 7.07. The van der Waals surface area contributed by atoms with Gasteiger partial charge in [-0.1, -0.05) is 78.4 Å². The van der Waals surface area contributed by atoms with Crippen molar-refractivity contribution in [1.82, 2.24) is 10.2 Å². The van der Waals surface area contributed by atoms with Gasteiger partial charge in [0.25, 0.3) is 5.91 Å². The van der Waals surface area contributed by atoms with Crippen LogP contribution in [0.3, 0.4) is 0 Å². The maximum atomic E-state index is 14.6. The minimum absolute atomic E-state index is 0.0567. The Labute approximate surface area is 266 Å². The van der Waals surface area contributed by atoms with Crippen LogP contribution in [0.4, 0.5) is 5.69 Å². The Bertz CT molecular complexity index is 1540. The number of likely N-dealkylation sites (tertiary alicyclic amines) is 1. The number of halogens is 1. The minimum Gasteiger partial charge on any atom is -0.455 e. The van der Waals surface area contributed by atoms with E-state index in [9.17, 15) is 24.3 Å².